The minimum Gasteiger partial charge on any atom is -0.314 e. The minimum atomic E-state index is 0.667. The molecule has 1 heterocycles. The molecule has 2 nitrogen and oxygen atoms in total. The highest BCUT2D eigenvalue weighted by Gasteiger charge is 2.23. The molecule has 2 unspecified atom stereocenters. The molecule has 1 N–H and O–H groups in total. The maximum Gasteiger partial charge on any atom is 0.00793 e. The van der Waals surface area contributed by atoms with Gasteiger partial charge in [0, 0.05) is 12.6 Å². The Morgan fingerprint density at radius 2 is 2.29 bits per heavy atom. The summed E-state index contributed by atoms with van der Waals surface area (Å²) in [5.41, 5.74) is 0. The summed E-state index contributed by atoms with van der Waals surface area (Å²) in [5.74, 6) is 0.848. The summed E-state index contributed by atoms with van der Waals surface area (Å²) in [7, 11) is 0. The van der Waals surface area contributed by atoms with E-state index in [1.54, 1.807) is 0 Å². The van der Waals surface area contributed by atoms with Crippen LogP contribution in [0.25, 0.3) is 0 Å². The van der Waals surface area contributed by atoms with Gasteiger partial charge in [0.05, 0.1) is 0 Å². The Hall–Kier alpha value is -0.340. The molecule has 2 heteroatoms. The number of hydrogen-bond donors (Lipinski definition) is 1. The van der Waals surface area contributed by atoms with Gasteiger partial charge in [-0.15, -0.1) is 0 Å². The zero-order valence-corrected chi connectivity index (χ0v) is 11.9. The molecule has 100 valence electrons. The van der Waals surface area contributed by atoms with E-state index in [0.717, 1.165) is 18.9 Å². The maximum atomic E-state index is 3.67. The standard InChI is InChI=1S/C15H30N2/c1-4-6-7-10-16-14(3)15-9-8-12-17(13-15)11-5-2/h4,6,14-16H,5,7-13H2,1-3H3/b6-4+. The highest BCUT2D eigenvalue weighted by Crippen LogP contribution is 2.19. The molecule has 0 aromatic rings. The zero-order chi connectivity index (χ0) is 12.5. The highest BCUT2D eigenvalue weighted by molar-refractivity contribution is 4.82. The topological polar surface area (TPSA) is 15.3 Å². The van der Waals surface area contributed by atoms with Gasteiger partial charge in [0.1, 0.15) is 0 Å². The van der Waals surface area contributed by atoms with Gasteiger partial charge in [-0.1, -0.05) is 19.1 Å². The van der Waals surface area contributed by atoms with Crippen molar-refractivity contribution >= 4 is 0 Å². The van der Waals surface area contributed by atoms with E-state index in [1.165, 1.54) is 38.9 Å². The molecule has 1 saturated heterocycles. The molecule has 1 aliphatic heterocycles. The van der Waals surface area contributed by atoms with Crippen molar-refractivity contribution in [1.29, 1.82) is 0 Å². The van der Waals surface area contributed by atoms with Crippen LogP contribution < -0.4 is 5.32 Å². The smallest absolute Gasteiger partial charge is 0.00793 e. The largest absolute Gasteiger partial charge is 0.314 e. The summed E-state index contributed by atoms with van der Waals surface area (Å²) in [6.45, 7) is 11.7. The molecule has 0 saturated carbocycles. The average molecular weight is 238 g/mol. The normalized spacial score (nSPS) is 24.3. The first-order valence-electron chi connectivity index (χ1n) is 7.34. The number of allylic oxidation sites excluding steroid dienone is 1. The first-order valence-corrected chi connectivity index (χ1v) is 7.34. The van der Waals surface area contributed by atoms with Crippen molar-refractivity contribution in [2.45, 2.75) is 52.5 Å². The Bertz CT molecular complexity index is 211. The van der Waals surface area contributed by atoms with Crippen molar-refractivity contribution in [3.63, 3.8) is 0 Å². The molecule has 0 radical (unpaired) electrons. The summed E-state index contributed by atoms with van der Waals surface area (Å²) in [6.07, 6.45) is 9.60. The lowest BCUT2D eigenvalue weighted by Crippen LogP contribution is -2.44. The number of piperidine rings is 1. The van der Waals surface area contributed by atoms with Crippen LogP contribution in [-0.2, 0) is 0 Å². The van der Waals surface area contributed by atoms with Crippen molar-refractivity contribution in [3.8, 4) is 0 Å². The quantitative estimate of drug-likeness (QED) is 0.542. The minimum absolute atomic E-state index is 0.667. The maximum absolute atomic E-state index is 3.67. The molecule has 0 amide bonds. The van der Waals surface area contributed by atoms with Gasteiger partial charge in [-0.2, -0.15) is 0 Å². The predicted octanol–water partition coefficient (Wildman–Crippen LogP) is 3.05. The second-order valence-electron chi connectivity index (χ2n) is 5.30. The van der Waals surface area contributed by atoms with E-state index in [9.17, 15) is 0 Å². The Kier molecular flexibility index (Phi) is 7.54. The SMILES string of the molecule is C/C=C/CCNC(C)C1CCCN(CCC)C1. The van der Waals surface area contributed by atoms with Crippen LogP contribution >= 0.6 is 0 Å². The molecule has 0 bridgehead atoms. The van der Waals surface area contributed by atoms with E-state index < -0.39 is 0 Å². The van der Waals surface area contributed by atoms with Crippen LogP contribution in [0.4, 0.5) is 0 Å². The summed E-state index contributed by atoms with van der Waals surface area (Å²) < 4.78 is 0. The highest BCUT2D eigenvalue weighted by atomic mass is 15.1. The van der Waals surface area contributed by atoms with Gasteiger partial charge < -0.3 is 10.2 Å². The Morgan fingerprint density at radius 3 is 3.00 bits per heavy atom. The van der Waals surface area contributed by atoms with E-state index in [4.69, 9.17) is 0 Å². The lowest BCUT2D eigenvalue weighted by atomic mass is 9.91. The molecule has 1 aliphatic rings. The third kappa shape index (κ3) is 5.69. The zero-order valence-electron chi connectivity index (χ0n) is 11.9. The molecule has 0 aromatic carbocycles. The van der Waals surface area contributed by atoms with Crippen molar-refractivity contribution in [3.05, 3.63) is 12.2 Å². The second-order valence-corrected chi connectivity index (χ2v) is 5.30. The van der Waals surface area contributed by atoms with E-state index in [0.29, 0.717) is 6.04 Å². The van der Waals surface area contributed by atoms with Crippen LogP contribution in [0.15, 0.2) is 12.2 Å². The number of nitrogens with one attached hydrogen (secondary N) is 1. The molecule has 17 heavy (non-hydrogen) atoms. The first-order chi connectivity index (χ1) is 8.27. The summed E-state index contributed by atoms with van der Waals surface area (Å²) in [4.78, 5) is 2.64. The fraction of sp³-hybridized carbons (Fsp3) is 0.867. The van der Waals surface area contributed by atoms with Gasteiger partial charge in [0.2, 0.25) is 0 Å². The van der Waals surface area contributed by atoms with Gasteiger partial charge >= 0.3 is 0 Å². The van der Waals surface area contributed by atoms with Gasteiger partial charge in [-0.25, -0.2) is 0 Å². The van der Waals surface area contributed by atoms with Crippen LogP contribution in [0.3, 0.4) is 0 Å². The van der Waals surface area contributed by atoms with E-state index in [-0.39, 0.29) is 0 Å². The van der Waals surface area contributed by atoms with Crippen molar-refractivity contribution in [2.75, 3.05) is 26.2 Å². The van der Waals surface area contributed by atoms with E-state index in [1.807, 2.05) is 0 Å². The molecule has 0 aliphatic carbocycles. The second kappa shape index (κ2) is 8.71. The monoisotopic (exact) mass is 238 g/mol. The van der Waals surface area contributed by atoms with Crippen molar-refractivity contribution in [1.82, 2.24) is 10.2 Å². The fourth-order valence-corrected chi connectivity index (χ4v) is 2.75. The molecule has 2 atom stereocenters. The van der Waals surface area contributed by atoms with Crippen LogP contribution in [0.5, 0.6) is 0 Å². The molecule has 0 aromatic heterocycles. The van der Waals surface area contributed by atoms with Gasteiger partial charge in [-0.05, 0) is 65.1 Å². The third-order valence-corrected chi connectivity index (χ3v) is 3.80. The fourth-order valence-electron chi connectivity index (χ4n) is 2.75. The first kappa shape index (κ1) is 14.7. The summed E-state index contributed by atoms with van der Waals surface area (Å²) in [5, 5.41) is 3.67. The van der Waals surface area contributed by atoms with Crippen LogP contribution in [0.1, 0.15) is 46.5 Å². The lowest BCUT2D eigenvalue weighted by molar-refractivity contribution is 0.151. The van der Waals surface area contributed by atoms with E-state index >= 15 is 0 Å². The number of hydrogen-bond acceptors (Lipinski definition) is 2. The van der Waals surface area contributed by atoms with E-state index in [2.05, 4.69) is 43.1 Å². The van der Waals surface area contributed by atoms with Crippen LogP contribution in [-0.4, -0.2) is 37.1 Å². The Morgan fingerprint density at radius 1 is 1.47 bits per heavy atom. The van der Waals surface area contributed by atoms with Crippen LogP contribution in [0.2, 0.25) is 0 Å². The van der Waals surface area contributed by atoms with Gasteiger partial charge in [-0.3, -0.25) is 0 Å². The molecule has 0 spiro atoms. The number of likely N-dealkylation sites (tertiary alicyclic amines) is 1. The van der Waals surface area contributed by atoms with Crippen LogP contribution in [0, 0.1) is 5.92 Å². The number of nitrogens with zero attached hydrogens (tertiary/aromatic N) is 1. The lowest BCUT2D eigenvalue weighted by Gasteiger charge is -2.36. The molecular weight excluding hydrogens is 208 g/mol. The van der Waals surface area contributed by atoms with Crippen molar-refractivity contribution in [2.24, 2.45) is 5.92 Å². The summed E-state index contributed by atoms with van der Waals surface area (Å²) in [6, 6.07) is 0.667. The predicted molar refractivity (Wildman–Crippen MR) is 76.4 cm³/mol. The molecule has 1 rings (SSSR count). The van der Waals surface area contributed by atoms with Gasteiger partial charge in [0.25, 0.3) is 0 Å². The van der Waals surface area contributed by atoms with Crippen molar-refractivity contribution < 1.29 is 0 Å². The number of rotatable bonds is 7. The molecule has 1 fully saturated rings. The Balaban J connectivity index is 2.23. The Labute approximate surface area is 107 Å². The van der Waals surface area contributed by atoms with Gasteiger partial charge in [0.15, 0.2) is 0 Å². The average Bonchev–Trinajstić information content (AvgIpc) is 2.35. The third-order valence-electron chi connectivity index (χ3n) is 3.80. The summed E-state index contributed by atoms with van der Waals surface area (Å²) >= 11 is 0. The molecular formula is C15H30N2.